The van der Waals surface area contributed by atoms with Crippen LogP contribution in [-0.4, -0.2) is 52.3 Å². The number of hydrogen-bond donors (Lipinski definition) is 2. The number of carbonyl (C=O) groups is 2. The number of methoxy groups -OCH3 is 1. The monoisotopic (exact) mass is 397 g/mol. The lowest BCUT2D eigenvalue weighted by atomic mass is 10.3. The van der Waals surface area contributed by atoms with E-state index in [2.05, 4.69) is 10.6 Å². The van der Waals surface area contributed by atoms with E-state index in [4.69, 9.17) is 4.74 Å². The van der Waals surface area contributed by atoms with Crippen molar-refractivity contribution in [1.29, 1.82) is 0 Å². The van der Waals surface area contributed by atoms with Crippen LogP contribution in [0.15, 0.2) is 40.6 Å². The highest BCUT2D eigenvalue weighted by molar-refractivity contribution is 7.89. The fourth-order valence-electron chi connectivity index (χ4n) is 2.01. The molecular weight excluding hydrogens is 378 g/mol. The van der Waals surface area contributed by atoms with Gasteiger partial charge in [-0.1, -0.05) is 6.07 Å². The van der Waals surface area contributed by atoms with E-state index >= 15 is 0 Å². The second-order valence-corrected chi connectivity index (χ2v) is 8.43. The number of thiophene rings is 1. The zero-order chi connectivity index (χ0) is 19.3. The molecular formula is C16H19N3O5S2. The van der Waals surface area contributed by atoms with Crippen molar-refractivity contribution in [2.24, 2.45) is 0 Å². The first-order valence-electron chi connectivity index (χ1n) is 7.48. The van der Waals surface area contributed by atoms with Crippen LogP contribution in [-0.2, 0) is 14.8 Å². The lowest BCUT2D eigenvalue weighted by Gasteiger charge is -2.16. The van der Waals surface area contributed by atoms with Crippen LogP contribution in [0.4, 0.5) is 5.69 Å². The molecule has 8 nitrogen and oxygen atoms in total. The van der Waals surface area contributed by atoms with Crippen molar-refractivity contribution in [2.45, 2.75) is 4.90 Å². The molecule has 0 aliphatic rings. The van der Waals surface area contributed by atoms with E-state index in [0.717, 1.165) is 4.31 Å². The summed E-state index contributed by atoms with van der Waals surface area (Å²) in [5, 5.41) is 6.82. The van der Waals surface area contributed by atoms with Gasteiger partial charge in [0.25, 0.3) is 5.91 Å². The minimum absolute atomic E-state index is 0.0644. The summed E-state index contributed by atoms with van der Waals surface area (Å²) >= 11 is 1.27. The van der Waals surface area contributed by atoms with Gasteiger partial charge in [0, 0.05) is 19.8 Å². The molecule has 1 aromatic heterocycles. The molecule has 140 valence electrons. The molecule has 0 unspecified atom stereocenters. The highest BCUT2D eigenvalue weighted by atomic mass is 32.2. The van der Waals surface area contributed by atoms with Gasteiger partial charge >= 0.3 is 0 Å². The first kappa shape index (κ1) is 19.9. The molecule has 0 saturated carbocycles. The van der Waals surface area contributed by atoms with Crippen LogP contribution in [0.5, 0.6) is 5.75 Å². The fraction of sp³-hybridized carbons (Fsp3) is 0.250. The minimum atomic E-state index is -3.74. The topological polar surface area (TPSA) is 105 Å². The first-order chi connectivity index (χ1) is 12.3. The van der Waals surface area contributed by atoms with E-state index in [-0.39, 0.29) is 28.8 Å². The smallest absolute Gasteiger partial charge is 0.261 e. The van der Waals surface area contributed by atoms with Crippen molar-refractivity contribution < 1.29 is 22.7 Å². The number of amides is 2. The molecule has 2 amide bonds. The summed E-state index contributed by atoms with van der Waals surface area (Å²) in [5.74, 6) is -0.656. The molecule has 26 heavy (non-hydrogen) atoms. The molecule has 0 atom stereocenters. The van der Waals surface area contributed by atoms with Gasteiger partial charge in [-0.05, 0) is 29.6 Å². The van der Waals surface area contributed by atoms with Crippen LogP contribution in [0.3, 0.4) is 0 Å². The number of hydrogen-bond acceptors (Lipinski definition) is 6. The number of sulfonamides is 1. The summed E-state index contributed by atoms with van der Waals surface area (Å²) < 4.78 is 30.9. The molecule has 2 aromatic rings. The molecule has 0 spiro atoms. The third kappa shape index (κ3) is 4.59. The van der Waals surface area contributed by atoms with Crippen LogP contribution in [0, 0.1) is 0 Å². The Balaban J connectivity index is 2.09. The maximum Gasteiger partial charge on any atom is 0.261 e. The average molecular weight is 397 g/mol. The Morgan fingerprint density at radius 1 is 1.23 bits per heavy atom. The van der Waals surface area contributed by atoms with Gasteiger partial charge in [0.15, 0.2) is 0 Å². The number of carbonyl (C=O) groups excluding carboxylic acids is 2. The summed E-state index contributed by atoms with van der Waals surface area (Å²) in [6.07, 6.45) is 0. The molecule has 0 aliphatic carbocycles. The van der Waals surface area contributed by atoms with E-state index in [1.54, 1.807) is 17.5 Å². The van der Waals surface area contributed by atoms with E-state index in [1.165, 1.54) is 50.7 Å². The van der Waals surface area contributed by atoms with E-state index in [1.807, 2.05) is 0 Å². The molecule has 10 heteroatoms. The zero-order valence-corrected chi connectivity index (χ0v) is 16.1. The minimum Gasteiger partial charge on any atom is -0.495 e. The number of nitrogens with zero attached hydrogens (tertiary/aromatic N) is 1. The van der Waals surface area contributed by atoms with Crippen molar-refractivity contribution in [3.8, 4) is 5.75 Å². The average Bonchev–Trinajstić information content (AvgIpc) is 3.14. The summed E-state index contributed by atoms with van der Waals surface area (Å²) in [4.78, 5) is 24.3. The second kappa shape index (κ2) is 8.30. The Labute approximate surface area is 155 Å². The first-order valence-corrected chi connectivity index (χ1v) is 9.80. The van der Waals surface area contributed by atoms with Gasteiger partial charge in [-0.2, -0.15) is 0 Å². The van der Waals surface area contributed by atoms with Gasteiger partial charge in [0.05, 0.1) is 18.5 Å². The van der Waals surface area contributed by atoms with Crippen LogP contribution >= 0.6 is 11.3 Å². The van der Waals surface area contributed by atoms with E-state index in [0.29, 0.717) is 4.88 Å². The largest absolute Gasteiger partial charge is 0.495 e. The quantitative estimate of drug-likeness (QED) is 0.734. The van der Waals surface area contributed by atoms with Crippen molar-refractivity contribution in [2.75, 3.05) is 33.1 Å². The van der Waals surface area contributed by atoms with Crippen LogP contribution in [0.2, 0.25) is 0 Å². The normalized spacial score (nSPS) is 11.2. The van der Waals surface area contributed by atoms with Crippen LogP contribution in [0.25, 0.3) is 0 Å². The molecule has 1 heterocycles. The SMILES string of the molecule is COc1ccc(NC(=O)CNC(=O)c2cccs2)cc1S(=O)(=O)N(C)C. The number of nitrogens with one attached hydrogen (secondary N) is 2. The summed E-state index contributed by atoms with van der Waals surface area (Å²) in [6, 6.07) is 7.68. The van der Waals surface area contributed by atoms with Crippen molar-refractivity contribution in [3.63, 3.8) is 0 Å². The van der Waals surface area contributed by atoms with Crippen molar-refractivity contribution in [1.82, 2.24) is 9.62 Å². The van der Waals surface area contributed by atoms with E-state index in [9.17, 15) is 18.0 Å². The Morgan fingerprint density at radius 3 is 2.54 bits per heavy atom. The molecule has 0 fully saturated rings. The second-order valence-electron chi connectivity index (χ2n) is 5.36. The van der Waals surface area contributed by atoms with Gasteiger partial charge in [0.2, 0.25) is 15.9 Å². The molecule has 0 bridgehead atoms. The van der Waals surface area contributed by atoms with Crippen LogP contribution < -0.4 is 15.4 Å². The van der Waals surface area contributed by atoms with Crippen molar-refractivity contribution in [3.05, 3.63) is 40.6 Å². The maximum absolute atomic E-state index is 12.4. The number of anilines is 1. The van der Waals surface area contributed by atoms with Crippen molar-refractivity contribution >= 4 is 38.9 Å². The predicted molar refractivity (Wildman–Crippen MR) is 99.1 cm³/mol. The summed E-state index contributed by atoms with van der Waals surface area (Å²) in [7, 11) is 0.425. The maximum atomic E-state index is 12.4. The third-order valence-electron chi connectivity index (χ3n) is 3.36. The standard InChI is InChI=1S/C16H19N3O5S2/c1-19(2)26(22,23)14-9-11(6-7-12(14)24-3)18-15(20)10-17-16(21)13-5-4-8-25-13/h4-9H,10H2,1-3H3,(H,17,21)(H,18,20). The highest BCUT2D eigenvalue weighted by Crippen LogP contribution is 2.28. The lowest BCUT2D eigenvalue weighted by molar-refractivity contribution is -0.115. The fourth-order valence-corrected chi connectivity index (χ4v) is 3.73. The Kier molecular flexibility index (Phi) is 6.35. The van der Waals surface area contributed by atoms with Gasteiger partial charge < -0.3 is 15.4 Å². The molecule has 2 N–H and O–H groups in total. The lowest BCUT2D eigenvalue weighted by Crippen LogP contribution is -2.32. The molecule has 2 rings (SSSR count). The van der Waals surface area contributed by atoms with Gasteiger partial charge in [-0.15, -0.1) is 11.3 Å². The Hall–Kier alpha value is -2.43. The van der Waals surface area contributed by atoms with E-state index < -0.39 is 15.9 Å². The highest BCUT2D eigenvalue weighted by Gasteiger charge is 2.23. The Bertz CT molecular complexity index is 893. The van der Waals surface area contributed by atoms with Gasteiger partial charge in [-0.3, -0.25) is 9.59 Å². The third-order valence-corrected chi connectivity index (χ3v) is 6.07. The summed E-state index contributed by atoms with van der Waals surface area (Å²) in [5.41, 5.74) is 0.279. The number of ether oxygens (including phenoxy) is 1. The Morgan fingerprint density at radius 2 is 1.96 bits per heavy atom. The molecule has 0 radical (unpaired) electrons. The molecule has 1 aromatic carbocycles. The van der Waals surface area contributed by atoms with Crippen LogP contribution in [0.1, 0.15) is 9.67 Å². The van der Waals surface area contributed by atoms with Gasteiger partial charge in [-0.25, -0.2) is 12.7 Å². The summed E-state index contributed by atoms with van der Waals surface area (Å²) in [6.45, 7) is -0.238. The molecule has 0 saturated heterocycles. The molecule has 0 aliphatic heterocycles. The number of rotatable bonds is 7. The van der Waals surface area contributed by atoms with Gasteiger partial charge in [0.1, 0.15) is 10.6 Å². The number of benzene rings is 1. The zero-order valence-electron chi connectivity index (χ0n) is 14.5. The predicted octanol–water partition coefficient (Wildman–Crippen LogP) is 1.38.